The number of hydrogen-bond donors (Lipinski definition) is 0. The van der Waals surface area contributed by atoms with Crippen molar-refractivity contribution in [3.8, 4) is 17.6 Å². The van der Waals surface area contributed by atoms with Gasteiger partial charge in [-0.25, -0.2) is 14.5 Å². The standard InChI is InChI=1S/C16H22N4O4.C2H6/c1-7-24-15(21)12-10(4)13(9(2)3)20(19-12)11-8-17-16(23-6)18-14(11)22-5;1-2/h8-9H,7H2,1-6H3;1-2H3. The molecule has 26 heavy (non-hydrogen) atoms. The van der Waals surface area contributed by atoms with Gasteiger partial charge < -0.3 is 14.2 Å². The summed E-state index contributed by atoms with van der Waals surface area (Å²) in [6.07, 6.45) is 1.55. The summed E-state index contributed by atoms with van der Waals surface area (Å²) in [6, 6.07) is 0.191. The van der Waals surface area contributed by atoms with Gasteiger partial charge >= 0.3 is 12.0 Å². The molecule has 8 nitrogen and oxygen atoms in total. The third-order valence-electron chi connectivity index (χ3n) is 3.50. The van der Waals surface area contributed by atoms with Crippen molar-refractivity contribution in [2.24, 2.45) is 0 Å². The Morgan fingerprint density at radius 1 is 1.23 bits per heavy atom. The second-order valence-electron chi connectivity index (χ2n) is 5.40. The zero-order valence-electron chi connectivity index (χ0n) is 16.8. The van der Waals surface area contributed by atoms with Gasteiger partial charge in [-0.2, -0.15) is 10.1 Å². The van der Waals surface area contributed by atoms with Crippen LogP contribution in [0.3, 0.4) is 0 Å². The second-order valence-corrected chi connectivity index (χ2v) is 5.40. The first-order valence-corrected chi connectivity index (χ1v) is 8.66. The van der Waals surface area contributed by atoms with Gasteiger partial charge in [0.05, 0.1) is 32.7 Å². The highest BCUT2D eigenvalue weighted by Gasteiger charge is 2.25. The van der Waals surface area contributed by atoms with E-state index >= 15 is 0 Å². The molecule has 0 aromatic carbocycles. The molecular weight excluding hydrogens is 336 g/mol. The smallest absolute Gasteiger partial charge is 0.359 e. The van der Waals surface area contributed by atoms with Crippen molar-refractivity contribution < 1.29 is 19.0 Å². The maximum Gasteiger partial charge on any atom is 0.359 e. The van der Waals surface area contributed by atoms with Gasteiger partial charge in [-0.3, -0.25) is 0 Å². The summed E-state index contributed by atoms with van der Waals surface area (Å²) in [6.45, 7) is 11.9. The van der Waals surface area contributed by atoms with Crippen molar-refractivity contribution >= 4 is 5.97 Å². The summed E-state index contributed by atoms with van der Waals surface area (Å²) in [5.41, 5.74) is 2.44. The Kier molecular flexibility index (Phi) is 8.02. The second kappa shape index (κ2) is 9.74. The quantitative estimate of drug-likeness (QED) is 0.727. The number of carbonyl (C=O) groups excluding carboxylic acids is 1. The van der Waals surface area contributed by atoms with Gasteiger partial charge in [0, 0.05) is 5.56 Å². The van der Waals surface area contributed by atoms with Crippen molar-refractivity contribution in [1.82, 2.24) is 19.7 Å². The molecular formula is C18H28N4O4. The average Bonchev–Trinajstić information content (AvgIpc) is 3.00. The molecule has 0 aliphatic heterocycles. The zero-order chi connectivity index (χ0) is 19.9. The first-order chi connectivity index (χ1) is 12.4. The Bertz CT molecular complexity index is 741. The number of esters is 1. The third kappa shape index (κ3) is 4.30. The Labute approximate surface area is 154 Å². The molecule has 0 fully saturated rings. The summed E-state index contributed by atoms with van der Waals surface area (Å²) >= 11 is 0. The first kappa shape index (κ1) is 21.4. The van der Waals surface area contributed by atoms with E-state index in [9.17, 15) is 4.79 Å². The lowest BCUT2D eigenvalue weighted by Crippen LogP contribution is -2.10. The van der Waals surface area contributed by atoms with E-state index in [2.05, 4.69) is 15.1 Å². The number of nitrogens with zero attached hydrogens (tertiary/aromatic N) is 4. The van der Waals surface area contributed by atoms with Gasteiger partial charge in [-0.1, -0.05) is 27.7 Å². The molecule has 0 aliphatic rings. The van der Waals surface area contributed by atoms with E-state index in [4.69, 9.17) is 14.2 Å². The van der Waals surface area contributed by atoms with Gasteiger partial charge in [-0.05, 0) is 19.8 Å². The number of methoxy groups -OCH3 is 2. The van der Waals surface area contributed by atoms with E-state index in [0.29, 0.717) is 11.6 Å². The summed E-state index contributed by atoms with van der Waals surface area (Å²) in [5.74, 6) is -0.0295. The van der Waals surface area contributed by atoms with Crippen LogP contribution in [0.5, 0.6) is 11.9 Å². The molecule has 8 heteroatoms. The van der Waals surface area contributed by atoms with Crippen LogP contribution in [0.15, 0.2) is 6.20 Å². The van der Waals surface area contributed by atoms with Crippen LogP contribution >= 0.6 is 0 Å². The number of carbonyl (C=O) groups is 1. The minimum absolute atomic E-state index is 0.118. The molecule has 2 rings (SSSR count). The lowest BCUT2D eigenvalue weighted by Gasteiger charge is -2.13. The fourth-order valence-electron chi connectivity index (χ4n) is 2.50. The summed E-state index contributed by atoms with van der Waals surface area (Å²) in [7, 11) is 2.98. The molecule has 0 saturated heterocycles. The van der Waals surface area contributed by atoms with Crippen molar-refractivity contribution in [2.45, 2.75) is 47.5 Å². The number of ether oxygens (including phenoxy) is 3. The van der Waals surface area contributed by atoms with Crippen LogP contribution in [-0.2, 0) is 4.74 Å². The van der Waals surface area contributed by atoms with Crippen LogP contribution < -0.4 is 9.47 Å². The molecule has 0 bridgehead atoms. The molecule has 0 N–H and O–H groups in total. The summed E-state index contributed by atoms with van der Waals surface area (Å²) in [4.78, 5) is 20.4. The van der Waals surface area contributed by atoms with Crippen LogP contribution in [0, 0.1) is 6.92 Å². The highest BCUT2D eigenvalue weighted by atomic mass is 16.5. The van der Waals surface area contributed by atoms with Gasteiger partial charge in [0.25, 0.3) is 0 Å². The molecule has 0 saturated carbocycles. The maximum atomic E-state index is 12.2. The van der Waals surface area contributed by atoms with Gasteiger partial charge in [0.15, 0.2) is 5.69 Å². The van der Waals surface area contributed by atoms with Crippen molar-refractivity contribution in [1.29, 1.82) is 0 Å². The minimum Gasteiger partial charge on any atom is -0.479 e. The molecule has 0 unspecified atom stereocenters. The first-order valence-electron chi connectivity index (χ1n) is 8.66. The largest absolute Gasteiger partial charge is 0.479 e. The number of rotatable bonds is 6. The minimum atomic E-state index is -0.455. The lowest BCUT2D eigenvalue weighted by molar-refractivity contribution is 0.0518. The van der Waals surface area contributed by atoms with Crippen LogP contribution in [0.2, 0.25) is 0 Å². The molecule has 0 spiro atoms. The van der Waals surface area contributed by atoms with Crippen LogP contribution in [-0.4, -0.2) is 46.5 Å². The van der Waals surface area contributed by atoms with E-state index in [1.165, 1.54) is 14.2 Å². The van der Waals surface area contributed by atoms with Gasteiger partial charge in [-0.15, -0.1) is 0 Å². The van der Waals surface area contributed by atoms with Crippen molar-refractivity contribution in [2.75, 3.05) is 20.8 Å². The molecule has 0 amide bonds. The summed E-state index contributed by atoms with van der Waals surface area (Å²) < 4.78 is 17.1. The molecule has 2 aromatic rings. The van der Waals surface area contributed by atoms with Gasteiger partial charge in [0.1, 0.15) is 5.69 Å². The van der Waals surface area contributed by atoms with E-state index in [1.807, 2.05) is 34.6 Å². The fourth-order valence-corrected chi connectivity index (χ4v) is 2.50. The molecule has 2 heterocycles. The molecule has 144 valence electrons. The van der Waals surface area contributed by atoms with E-state index in [-0.39, 0.29) is 24.2 Å². The Hall–Kier alpha value is -2.64. The normalized spacial score (nSPS) is 10.2. The predicted molar refractivity (Wildman–Crippen MR) is 98.4 cm³/mol. The predicted octanol–water partition coefficient (Wildman–Crippen LogP) is 3.31. The van der Waals surface area contributed by atoms with Crippen LogP contribution in [0.1, 0.15) is 62.3 Å². The molecule has 0 aliphatic carbocycles. The fraction of sp³-hybridized carbons (Fsp3) is 0.556. The number of aromatic nitrogens is 4. The van der Waals surface area contributed by atoms with Crippen molar-refractivity contribution in [3.05, 3.63) is 23.1 Å². The molecule has 0 radical (unpaired) electrons. The zero-order valence-corrected chi connectivity index (χ0v) is 16.8. The lowest BCUT2D eigenvalue weighted by atomic mass is 10.0. The molecule has 0 atom stereocenters. The average molecular weight is 364 g/mol. The topological polar surface area (TPSA) is 88.4 Å². The Morgan fingerprint density at radius 2 is 1.88 bits per heavy atom. The third-order valence-corrected chi connectivity index (χ3v) is 3.50. The monoisotopic (exact) mass is 364 g/mol. The summed E-state index contributed by atoms with van der Waals surface area (Å²) in [5, 5.41) is 4.43. The molecule has 2 aromatic heterocycles. The van der Waals surface area contributed by atoms with E-state index in [0.717, 1.165) is 11.3 Å². The highest BCUT2D eigenvalue weighted by molar-refractivity contribution is 5.89. The number of hydrogen-bond acceptors (Lipinski definition) is 7. The van der Waals surface area contributed by atoms with Crippen molar-refractivity contribution in [3.63, 3.8) is 0 Å². The maximum absolute atomic E-state index is 12.2. The Morgan fingerprint density at radius 3 is 2.38 bits per heavy atom. The highest BCUT2D eigenvalue weighted by Crippen LogP contribution is 2.29. The Balaban J connectivity index is 0.00000163. The van der Waals surface area contributed by atoms with E-state index < -0.39 is 5.97 Å². The van der Waals surface area contributed by atoms with E-state index in [1.54, 1.807) is 17.8 Å². The SMILES string of the molecule is CC.CCOC(=O)c1nn(-c2cnc(OC)nc2OC)c(C(C)C)c1C. The van der Waals surface area contributed by atoms with Crippen LogP contribution in [0.4, 0.5) is 0 Å². The van der Waals surface area contributed by atoms with Crippen LogP contribution in [0.25, 0.3) is 5.69 Å². The van der Waals surface area contributed by atoms with Gasteiger partial charge in [0.2, 0.25) is 5.88 Å².